The van der Waals surface area contributed by atoms with Gasteiger partial charge in [0, 0.05) is 17.1 Å². The third-order valence-electron chi connectivity index (χ3n) is 6.44. The van der Waals surface area contributed by atoms with Crippen molar-refractivity contribution in [3.05, 3.63) is 87.9 Å². The summed E-state index contributed by atoms with van der Waals surface area (Å²) in [6, 6.07) is 18.7. The van der Waals surface area contributed by atoms with Crippen molar-refractivity contribution >= 4 is 55.1 Å². The number of sulfonamides is 1. The van der Waals surface area contributed by atoms with Crippen LogP contribution in [-0.4, -0.2) is 50.9 Å². The van der Waals surface area contributed by atoms with Crippen LogP contribution in [0.15, 0.2) is 82.2 Å². The van der Waals surface area contributed by atoms with Gasteiger partial charge in [0.15, 0.2) is 0 Å². The Labute approximate surface area is 249 Å². The van der Waals surface area contributed by atoms with Crippen molar-refractivity contribution in [1.29, 1.82) is 0 Å². The number of carbonyl (C=O) groups is 2. The molecular formula is C29H33BrClN3O5S. The second-order valence-corrected chi connectivity index (χ2v) is 12.5. The van der Waals surface area contributed by atoms with E-state index in [1.165, 1.54) is 42.3 Å². The fourth-order valence-corrected chi connectivity index (χ4v) is 6.06. The molecule has 214 valence electrons. The van der Waals surface area contributed by atoms with Gasteiger partial charge in [-0.05, 0) is 68.3 Å². The second-order valence-electron chi connectivity index (χ2n) is 9.29. The van der Waals surface area contributed by atoms with E-state index in [1.54, 1.807) is 25.1 Å². The van der Waals surface area contributed by atoms with Crippen LogP contribution >= 0.6 is 27.5 Å². The lowest BCUT2D eigenvalue weighted by Crippen LogP contribution is -2.52. The van der Waals surface area contributed by atoms with E-state index in [4.69, 9.17) is 16.3 Å². The van der Waals surface area contributed by atoms with Gasteiger partial charge in [-0.25, -0.2) is 8.42 Å². The van der Waals surface area contributed by atoms with Gasteiger partial charge in [0.1, 0.15) is 18.3 Å². The number of hydrogen-bond acceptors (Lipinski definition) is 5. The molecule has 3 rings (SSSR count). The molecule has 0 aliphatic heterocycles. The number of halogens is 2. The van der Waals surface area contributed by atoms with Crippen LogP contribution < -0.4 is 14.4 Å². The van der Waals surface area contributed by atoms with Crippen molar-refractivity contribution in [3.63, 3.8) is 0 Å². The minimum atomic E-state index is -4.19. The molecule has 3 aromatic rings. The quantitative estimate of drug-likeness (QED) is 0.274. The molecule has 1 N–H and O–H groups in total. The van der Waals surface area contributed by atoms with E-state index in [9.17, 15) is 18.0 Å². The first-order valence-corrected chi connectivity index (χ1v) is 15.3. The number of ether oxygens (including phenoxy) is 1. The number of rotatable bonds is 12. The maximum Gasteiger partial charge on any atom is 0.264 e. The number of anilines is 1. The molecular weight excluding hydrogens is 618 g/mol. The van der Waals surface area contributed by atoms with Crippen molar-refractivity contribution < 1.29 is 22.7 Å². The Bertz CT molecular complexity index is 1440. The lowest BCUT2D eigenvalue weighted by Gasteiger charge is -2.32. The smallest absolute Gasteiger partial charge is 0.264 e. The van der Waals surface area contributed by atoms with E-state index >= 15 is 0 Å². The molecule has 0 heterocycles. The van der Waals surface area contributed by atoms with Gasteiger partial charge in [0.05, 0.1) is 22.7 Å². The van der Waals surface area contributed by atoms with E-state index < -0.39 is 28.5 Å². The topological polar surface area (TPSA) is 96.0 Å². The van der Waals surface area contributed by atoms with E-state index in [2.05, 4.69) is 21.2 Å². The molecule has 0 aliphatic rings. The summed E-state index contributed by atoms with van der Waals surface area (Å²) in [6.07, 6.45) is 0.722. The van der Waals surface area contributed by atoms with Crippen LogP contribution in [0.5, 0.6) is 5.75 Å². The molecule has 0 aliphatic carbocycles. The highest BCUT2D eigenvalue weighted by atomic mass is 79.9. The summed E-state index contributed by atoms with van der Waals surface area (Å²) in [5.74, 6) is -0.527. The number of methoxy groups -OCH3 is 1. The predicted molar refractivity (Wildman–Crippen MR) is 161 cm³/mol. The predicted octanol–water partition coefficient (Wildman–Crippen LogP) is 5.64. The SMILES string of the molecule is CCC(C)NC(=O)C(C)N(Cc1cccc(Br)c1)C(=O)CN(c1ccc(OC)c(Cl)c1)S(=O)(=O)c1ccccc1. The summed E-state index contributed by atoms with van der Waals surface area (Å²) in [6.45, 7) is 5.00. The Hall–Kier alpha value is -3.08. The van der Waals surface area contributed by atoms with Gasteiger partial charge < -0.3 is 15.0 Å². The fraction of sp³-hybridized carbons (Fsp3) is 0.310. The molecule has 40 heavy (non-hydrogen) atoms. The molecule has 8 nitrogen and oxygen atoms in total. The number of nitrogens with one attached hydrogen (secondary N) is 1. The number of benzene rings is 3. The maximum atomic E-state index is 14.0. The Balaban J connectivity index is 2.05. The normalized spacial score (nSPS) is 12.8. The number of nitrogens with zero attached hydrogens (tertiary/aromatic N) is 2. The van der Waals surface area contributed by atoms with Gasteiger partial charge in [0.2, 0.25) is 11.8 Å². The zero-order chi connectivity index (χ0) is 29.4. The van der Waals surface area contributed by atoms with Gasteiger partial charge in [-0.2, -0.15) is 0 Å². The summed E-state index contributed by atoms with van der Waals surface area (Å²) < 4.78 is 34.7. The van der Waals surface area contributed by atoms with Crippen molar-refractivity contribution in [2.75, 3.05) is 18.0 Å². The highest BCUT2D eigenvalue weighted by Crippen LogP contribution is 2.32. The largest absolute Gasteiger partial charge is 0.495 e. The first-order chi connectivity index (χ1) is 19.0. The molecule has 3 aromatic carbocycles. The van der Waals surface area contributed by atoms with Crippen molar-refractivity contribution in [2.24, 2.45) is 0 Å². The number of hydrogen-bond donors (Lipinski definition) is 1. The lowest BCUT2D eigenvalue weighted by atomic mass is 10.1. The molecule has 0 radical (unpaired) electrons. The van der Waals surface area contributed by atoms with Gasteiger partial charge in [-0.3, -0.25) is 13.9 Å². The van der Waals surface area contributed by atoms with E-state index in [0.29, 0.717) is 5.75 Å². The van der Waals surface area contributed by atoms with E-state index in [1.807, 2.05) is 38.1 Å². The first kappa shape index (κ1) is 31.4. The first-order valence-electron chi connectivity index (χ1n) is 12.7. The fourth-order valence-electron chi connectivity index (χ4n) is 3.94. The number of amides is 2. The van der Waals surface area contributed by atoms with E-state index in [0.717, 1.165) is 20.8 Å². The molecule has 2 amide bonds. The molecule has 0 bridgehead atoms. The van der Waals surface area contributed by atoms with Crippen LogP contribution in [-0.2, 0) is 26.2 Å². The summed E-state index contributed by atoms with van der Waals surface area (Å²) >= 11 is 9.79. The Kier molecular flexibility index (Phi) is 11.0. The van der Waals surface area contributed by atoms with Crippen LogP contribution in [0.1, 0.15) is 32.8 Å². The molecule has 2 atom stereocenters. The third-order valence-corrected chi connectivity index (χ3v) is 9.02. The summed E-state index contributed by atoms with van der Waals surface area (Å²) in [5.41, 5.74) is 0.956. The van der Waals surface area contributed by atoms with Crippen LogP contribution in [0.2, 0.25) is 5.02 Å². The molecule has 11 heteroatoms. The minimum Gasteiger partial charge on any atom is -0.495 e. The summed E-state index contributed by atoms with van der Waals surface area (Å²) in [5, 5.41) is 3.11. The molecule has 0 fully saturated rings. The van der Waals surface area contributed by atoms with Gasteiger partial charge in [-0.15, -0.1) is 0 Å². The average molecular weight is 651 g/mol. The lowest BCUT2D eigenvalue weighted by molar-refractivity contribution is -0.139. The Morgan fingerprint density at radius 3 is 2.33 bits per heavy atom. The van der Waals surface area contributed by atoms with Gasteiger partial charge in [-0.1, -0.05) is 64.8 Å². The zero-order valence-electron chi connectivity index (χ0n) is 22.8. The number of carbonyl (C=O) groups excluding carboxylic acids is 2. The van der Waals surface area contributed by atoms with E-state index in [-0.39, 0.29) is 34.1 Å². The van der Waals surface area contributed by atoms with Crippen LogP contribution in [0.4, 0.5) is 5.69 Å². The molecule has 0 aromatic heterocycles. The van der Waals surface area contributed by atoms with Crippen LogP contribution in [0.3, 0.4) is 0 Å². The third kappa shape index (κ3) is 7.77. The van der Waals surface area contributed by atoms with Crippen molar-refractivity contribution in [3.8, 4) is 5.75 Å². The second kappa shape index (κ2) is 14.0. The standard InChI is InChI=1S/C29H33BrClN3O5S/c1-5-20(2)32-29(36)21(3)33(18-22-10-9-11-23(30)16-22)28(35)19-34(24-14-15-27(39-4)26(31)17-24)40(37,38)25-12-7-6-8-13-25/h6-17,20-21H,5,18-19H2,1-4H3,(H,32,36). The highest BCUT2D eigenvalue weighted by molar-refractivity contribution is 9.10. The van der Waals surface area contributed by atoms with Gasteiger partial charge >= 0.3 is 0 Å². The van der Waals surface area contributed by atoms with Crippen molar-refractivity contribution in [2.45, 2.75) is 50.7 Å². The monoisotopic (exact) mass is 649 g/mol. The summed E-state index contributed by atoms with van der Waals surface area (Å²) in [7, 11) is -2.74. The van der Waals surface area contributed by atoms with Crippen LogP contribution in [0.25, 0.3) is 0 Å². The zero-order valence-corrected chi connectivity index (χ0v) is 26.0. The molecule has 2 unspecified atom stereocenters. The highest BCUT2D eigenvalue weighted by Gasteiger charge is 2.33. The molecule has 0 spiro atoms. The van der Waals surface area contributed by atoms with Crippen molar-refractivity contribution in [1.82, 2.24) is 10.2 Å². The molecule has 0 saturated carbocycles. The Morgan fingerprint density at radius 1 is 1.02 bits per heavy atom. The minimum absolute atomic E-state index is 0.0100. The molecule has 0 saturated heterocycles. The van der Waals surface area contributed by atoms with Gasteiger partial charge in [0.25, 0.3) is 10.0 Å². The van der Waals surface area contributed by atoms with Crippen LogP contribution in [0, 0.1) is 0 Å². The Morgan fingerprint density at radius 2 is 1.73 bits per heavy atom. The summed E-state index contributed by atoms with van der Waals surface area (Å²) in [4.78, 5) is 28.5. The maximum absolute atomic E-state index is 14.0. The average Bonchev–Trinajstić information content (AvgIpc) is 2.94.